The fourth-order valence-electron chi connectivity index (χ4n) is 3.94. The molecule has 0 N–H and O–H groups in total. The molecule has 1 aromatic heterocycles. The predicted molar refractivity (Wildman–Crippen MR) is 108 cm³/mol. The van der Waals surface area contributed by atoms with Gasteiger partial charge >= 0.3 is 0 Å². The lowest BCUT2D eigenvalue weighted by atomic mass is 9.92. The first-order valence-corrected chi connectivity index (χ1v) is 9.58. The van der Waals surface area contributed by atoms with Crippen LogP contribution in [-0.2, 0) is 9.53 Å². The van der Waals surface area contributed by atoms with E-state index in [0.717, 1.165) is 53.5 Å². The lowest BCUT2D eigenvalue weighted by Gasteiger charge is -2.29. The highest BCUT2D eigenvalue weighted by Crippen LogP contribution is 2.38. The minimum Gasteiger partial charge on any atom is -0.466 e. The Labute approximate surface area is 163 Å². The van der Waals surface area contributed by atoms with Gasteiger partial charge in [0.2, 0.25) is 0 Å². The van der Waals surface area contributed by atoms with Gasteiger partial charge in [0.25, 0.3) is 6.47 Å². The van der Waals surface area contributed by atoms with Gasteiger partial charge in [0.1, 0.15) is 6.61 Å². The van der Waals surface area contributed by atoms with Crippen LogP contribution in [0.2, 0.25) is 5.02 Å². The Hall–Kier alpha value is -2.43. The van der Waals surface area contributed by atoms with Crippen molar-refractivity contribution >= 4 is 29.0 Å². The smallest absolute Gasteiger partial charge is 0.293 e. The number of aromatic nitrogens is 1. The van der Waals surface area contributed by atoms with Gasteiger partial charge in [0.15, 0.2) is 0 Å². The fourth-order valence-corrected chi connectivity index (χ4v) is 4.11. The standard InChI is InChI=1S/C22H21ClN2O2/c23-17-8-9-20-18(12-17)22(16-6-2-1-3-7-16)19(13-24-20)21(14-27-15-26)25-10-4-5-11-25/h1-3,6-9,12-13,15,21H,4-5,10-11,14H2. The number of carbonyl (C=O) groups is 1. The van der Waals surface area contributed by atoms with E-state index in [1.54, 1.807) is 0 Å². The molecule has 0 amide bonds. The molecule has 2 aromatic carbocycles. The molecule has 0 saturated carbocycles. The van der Waals surface area contributed by atoms with Crippen molar-refractivity contribution in [2.75, 3.05) is 19.7 Å². The number of nitrogens with zero attached hydrogens (tertiary/aromatic N) is 2. The van der Waals surface area contributed by atoms with E-state index >= 15 is 0 Å². The van der Waals surface area contributed by atoms with Crippen LogP contribution in [0.3, 0.4) is 0 Å². The molecule has 1 saturated heterocycles. The molecule has 0 bridgehead atoms. The second kappa shape index (κ2) is 8.07. The van der Waals surface area contributed by atoms with E-state index in [-0.39, 0.29) is 6.04 Å². The van der Waals surface area contributed by atoms with Crippen molar-refractivity contribution in [3.8, 4) is 11.1 Å². The summed E-state index contributed by atoms with van der Waals surface area (Å²) in [5.74, 6) is 0. The number of rotatable bonds is 6. The summed E-state index contributed by atoms with van der Waals surface area (Å²) in [4.78, 5) is 18.0. The normalized spacial score (nSPS) is 15.7. The first-order chi connectivity index (χ1) is 13.3. The van der Waals surface area contributed by atoms with Gasteiger partial charge in [-0.15, -0.1) is 0 Å². The van der Waals surface area contributed by atoms with E-state index in [4.69, 9.17) is 16.3 Å². The molecule has 1 fully saturated rings. The Morgan fingerprint density at radius 3 is 2.67 bits per heavy atom. The van der Waals surface area contributed by atoms with Gasteiger partial charge < -0.3 is 4.74 Å². The molecule has 0 aliphatic carbocycles. The van der Waals surface area contributed by atoms with Crippen molar-refractivity contribution in [2.45, 2.75) is 18.9 Å². The van der Waals surface area contributed by atoms with Crippen LogP contribution in [0.25, 0.3) is 22.0 Å². The van der Waals surface area contributed by atoms with Crippen molar-refractivity contribution < 1.29 is 9.53 Å². The summed E-state index contributed by atoms with van der Waals surface area (Å²) >= 11 is 6.31. The minimum absolute atomic E-state index is 0.0243. The molecule has 3 aromatic rings. The predicted octanol–water partition coefficient (Wildman–Crippen LogP) is 4.87. The summed E-state index contributed by atoms with van der Waals surface area (Å²) in [7, 11) is 0. The average Bonchev–Trinajstić information content (AvgIpc) is 3.23. The SMILES string of the molecule is O=COCC(c1cnc2ccc(Cl)cc2c1-c1ccccc1)N1CCCC1. The Kier molecular flexibility index (Phi) is 5.37. The maximum absolute atomic E-state index is 10.9. The van der Waals surface area contributed by atoms with E-state index < -0.39 is 0 Å². The number of pyridine rings is 1. The van der Waals surface area contributed by atoms with E-state index in [1.165, 1.54) is 0 Å². The van der Waals surface area contributed by atoms with Gasteiger partial charge in [0, 0.05) is 16.6 Å². The summed E-state index contributed by atoms with van der Waals surface area (Å²) < 4.78 is 5.21. The topological polar surface area (TPSA) is 42.4 Å². The van der Waals surface area contributed by atoms with Crippen molar-refractivity contribution in [3.05, 3.63) is 65.3 Å². The number of likely N-dealkylation sites (tertiary alicyclic amines) is 1. The monoisotopic (exact) mass is 380 g/mol. The van der Waals surface area contributed by atoms with Crippen molar-refractivity contribution in [3.63, 3.8) is 0 Å². The van der Waals surface area contributed by atoms with Crippen LogP contribution in [0.1, 0.15) is 24.4 Å². The summed E-state index contributed by atoms with van der Waals surface area (Å²) in [6.07, 6.45) is 4.24. The van der Waals surface area contributed by atoms with Crippen LogP contribution in [0.15, 0.2) is 54.7 Å². The maximum atomic E-state index is 10.9. The third-order valence-electron chi connectivity index (χ3n) is 5.18. The molecule has 27 heavy (non-hydrogen) atoms. The molecule has 2 heterocycles. The van der Waals surface area contributed by atoms with E-state index in [0.29, 0.717) is 18.1 Å². The van der Waals surface area contributed by atoms with Crippen LogP contribution < -0.4 is 0 Å². The van der Waals surface area contributed by atoms with Crippen LogP contribution in [0.5, 0.6) is 0 Å². The Balaban J connectivity index is 1.93. The molecular weight excluding hydrogens is 360 g/mol. The quantitative estimate of drug-likeness (QED) is 0.572. The Morgan fingerprint density at radius 1 is 1.15 bits per heavy atom. The number of benzene rings is 2. The van der Waals surface area contributed by atoms with Crippen LogP contribution in [-0.4, -0.2) is 36.1 Å². The minimum atomic E-state index is -0.0243. The fraction of sp³-hybridized carbons (Fsp3) is 0.273. The van der Waals surface area contributed by atoms with Gasteiger partial charge in [-0.1, -0.05) is 41.9 Å². The Bertz CT molecular complexity index is 940. The maximum Gasteiger partial charge on any atom is 0.293 e. The van der Waals surface area contributed by atoms with Gasteiger partial charge in [0.05, 0.1) is 11.6 Å². The lowest BCUT2D eigenvalue weighted by molar-refractivity contribution is -0.130. The molecular formula is C22H21ClN2O2. The molecule has 4 nitrogen and oxygen atoms in total. The second-order valence-corrected chi connectivity index (χ2v) is 7.24. The Morgan fingerprint density at radius 2 is 1.93 bits per heavy atom. The molecule has 1 unspecified atom stereocenters. The van der Waals surface area contributed by atoms with E-state index in [2.05, 4.69) is 22.0 Å². The van der Waals surface area contributed by atoms with Crippen LogP contribution in [0, 0.1) is 0 Å². The third kappa shape index (κ3) is 3.68. The highest BCUT2D eigenvalue weighted by molar-refractivity contribution is 6.31. The van der Waals surface area contributed by atoms with Gasteiger partial charge in [-0.05, 0) is 60.8 Å². The number of halogens is 1. The largest absolute Gasteiger partial charge is 0.466 e. The molecule has 1 aliphatic rings. The van der Waals surface area contributed by atoms with E-state index in [9.17, 15) is 4.79 Å². The van der Waals surface area contributed by atoms with Crippen LogP contribution in [0.4, 0.5) is 0 Å². The second-order valence-electron chi connectivity index (χ2n) is 6.80. The zero-order valence-electron chi connectivity index (χ0n) is 15.0. The third-order valence-corrected chi connectivity index (χ3v) is 5.42. The molecule has 0 radical (unpaired) electrons. The number of carbonyl (C=O) groups excluding carboxylic acids is 1. The van der Waals surface area contributed by atoms with Gasteiger partial charge in [-0.3, -0.25) is 14.7 Å². The summed E-state index contributed by atoms with van der Waals surface area (Å²) in [5.41, 5.74) is 4.19. The van der Waals surface area contributed by atoms with Crippen molar-refractivity contribution in [1.29, 1.82) is 0 Å². The highest BCUT2D eigenvalue weighted by atomic mass is 35.5. The van der Waals surface area contributed by atoms with Crippen LogP contribution >= 0.6 is 11.6 Å². The lowest BCUT2D eigenvalue weighted by Crippen LogP contribution is -2.29. The molecule has 1 aliphatic heterocycles. The number of hydrogen-bond acceptors (Lipinski definition) is 4. The molecule has 1 atom stereocenters. The number of ether oxygens (including phenoxy) is 1. The first kappa shape index (κ1) is 18.0. The summed E-state index contributed by atoms with van der Waals surface area (Å²) in [6.45, 7) is 2.83. The average molecular weight is 381 g/mol. The zero-order valence-corrected chi connectivity index (χ0v) is 15.7. The number of hydrogen-bond donors (Lipinski definition) is 0. The highest BCUT2D eigenvalue weighted by Gasteiger charge is 2.27. The molecule has 4 rings (SSSR count). The first-order valence-electron chi connectivity index (χ1n) is 9.21. The van der Waals surface area contributed by atoms with Gasteiger partial charge in [-0.2, -0.15) is 0 Å². The van der Waals surface area contributed by atoms with Crippen molar-refractivity contribution in [2.24, 2.45) is 0 Å². The zero-order chi connectivity index (χ0) is 18.6. The summed E-state index contributed by atoms with van der Waals surface area (Å²) in [5, 5.41) is 1.70. The molecule has 138 valence electrons. The van der Waals surface area contributed by atoms with Gasteiger partial charge in [-0.25, -0.2) is 0 Å². The molecule has 0 spiro atoms. The molecule has 5 heteroatoms. The van der Waals surface area contributed by atoms with Crippen molar-refractivity contribution in [1.82, 2.24) is 9.88 Å². The van der Waals surface area contributed by atoms with E-state index in [1.807, 2.05) is 42.6 Å². The summed E-state index contributed by atoms with van der Waals surface area (Å²) in [6, 6.07) is 16.0. The number of fused-ring (bicyclic) bond motifs is 1.